The molecule has 1 fully saturated rings. The Bertz CT molecular complexity index is 495. The Hall–Kier alpha value is -2.04. The minimum atomic E-state index is 0.151. The summed E-state index contributed by atoms with van der Waals surface area (Å²) in [6.45, 7) is 1.86. The number of rotatable bonds is 8. The lowest BCUT2D eigenvalue weighted by molar-refractivity contribution is -0.121. The summed E-state index contributed by atoms with van der Waals surface area (Å²) in [5.41, 5.74) is 7.07. The van der Waals surface area contributed by atoms with Crippen LogP contribution in [0.3, 0.4) is 0 Å². The molecule has 0 heterocycles. The molecule has 0 spiro atoms. The van der Waals surface area contributed by atoms with Crippen molar-refractivity contribution in [2.24, 2.45) is 16.6 Å². The second kappa shape index (κ2) is 9.87. The zero-order valence-corrected chi connectivity index (χ0v) is 13.8. The van der Waals surface area contributed by atoms with E-state index in [0.29, 0.717) is 37.9 Å². The molecule has 1 aliphatic carbocycles. The number of guanidine groups is 1. The van der Waals surface area contributed by atoms with Gasteiger partial charge < -0.3 is 16.4 Å². The highest BCUT2D eigenvalue weighted by Gasteiger charge is 2.17. The van der Waals surface area contributed by atoms with Crippen molar-refractivity contribution < 1.29 is 4.79 Å². The largest absolute Gasteiger partial charge is 0.370 e. The summed E-state index contributed by atoms with van der Waals surface area (Å²) < 4.78 is 0. The average molecular weight is 316 g/mol. The molecule has 0 aliphatic heterocycles. The Morgan fingerprint density at radius 1 is 1.13 bits per heavy atom. The smallest absolute Gasteiger partial charge is 0.220 e. The van der Waals surface area contributed by atoms with Crippen molar-refractivity contribution in [3.8, 4) is 0 Å². The highest BCUT2D eigenvalue weighted by molar-refractivity contribution is 5.78. The number of nitrogens with one attached hydrogen (secondary N) is 2. The minimum absolute atomic E-state index is 0.151. The van der Waals surface area contributed by atoms with E-state index < -0.39 is 0 Å². The summed E-state index contributed by atoms with van der Waals surface area (Å²) >= 11 is 0. The maximum atomic E-state index is 11.8. The Balaban J connectivity index is 1.52. The van der Waals surface area contributed by atoms with Crippen LogP contribution in [0.4, 0.5) is 0 Å². The predicted octanol–water partition coefficient (Wildman–Crippen LogP) is 1.83. The number of aliphatic imine (C=N–C) groups is 1. The number of amides is 1. The highest BCUT2D eigenvalue weighted by Crippen LogP contribution is 2.27. The first-order chi connectivity index (χ1) is 11.2. The molecule has 126 valence electrons. The number of carbonyl (C=O) groups excluding carboxylic acids is 1. The molecule has 1 aromatic rings. The van der Waals surface area contributed by atoms with E-state index in [1.54, 1.807) is 0 Å². The number of nitrogens with zero attached hydrogens (tertiary/aromatic N) is 1. The number of benzene rings is 1. The van der Waals surface area contributed by atoms with Crippen molar-refractivity contribution in [2.75, 3.05) is 19.6 Å². The lowest BCUT2D eigenvalue weighted by atomic mass is 10.0. The molecule has 5 heteroatoms. The van der Waals surface area contributed by atoms with Crippen LogP contribution in [0.25, 0.3) is 0 Å². The van der Waals surface area contributed by atoms with Crippen LogP contribution in [0.5, 0.6) is 0 Å². The van der Waals surface area contributed by atoms with Gasteiger partial charge in [-0.3, -0.25) is 9.79 Å². The lowest BCUT2D eigenvalue weighted by Crippen LogP contribution is -2.38. The Morgan fingerprint density at radius 2 is 1.83 bits per heavy atom. The highest BCUT2D eigenvalue weighted by atomic mass is 16.1. The van der Waals surface area contributed by atoms with Crippen LogP contribution in [0, 0.1) is 5.92 Å². The van der Waals surface area contributed by atoms with Gasteiger partial charge in [-0.25, -0.2) is 0 Å². The third-order valence-corrected chi connectivity index (χ3v) is 4.23. The van der Waals surface area contributed by atoms with Crippen molar-refractivity contribution in [1.29, 1.82) is 0 Å². The molecule has 1 amide bonds. The van der Waals surface area contributed by atoms with Crippen LogP contribution in [-0.2, 0) is 11.2 Å². The van der Waals surface area contributed by atoms with Crippen molar-refractivity contribution in [2.45, 2.75) is 38.5 Å². The minimum Gasteiger partial charge on any atom is -0.370 e. The molecule has 4 N–H and O–H groups in total. The molecule has 1 aromatic carbocycles. The fraction of sp³-hybridized carbons (Fsp3) is 0.556. The number of hydrogen-bond acceptors (Lipinski definition) is 2. The van der Waals surface area contributed by atoms with Gasteiger partial charge in [0.05, 0.1) is 0 Å². The van der Waals surface area contributed by atoms with E-state index in [2.05, 4.69) is 27.8 Å². The van der Waals surface area contributed by atoms with Crippen molar-refractivity contribution in [3.05, 3.63) is 35.9 Å². The first-order valence-electron chi connectivity index (χ1n) is 8.58. The van der Waals surface area contributed by atoms with Gasteiger partial charge in [-0.05, 0) is 30.7 Å². The fourth-order valence-electron chi connectivity index (χ4n) is 2.95. The lowest BCUT2D eigenvalue weighted by Gasteiger charge is -2.10. The van der Waals surface area contributed by atoms with Crippen LogP contribution < -0.4 is 16.4 Å². The van der Waals surface area contributed by atoms with Crippen LogP contribution >= 0.6 is 0 Å². The molecule has 0 atom stereocenters. The van der Waals surface area contributed by atoms with E-state index in [4.69, 9.17) is 5.73 Å². The van der Waals surface area contributed by atoms with Gasteiger partial charge in [0.2, 0.25) is 5.91 Å². The maximum absolute atomic E-state index is 11.8. The summed E-state index contributed by atoms with van der Waals surface area (Å²) in [7, 11) is 0. The standard InChI is InChI=1S/C18H28N4O/c19-18(21-11-10-15-6-2-1-3-7-15)22-13-12-20-17(23)14-16-8-4-5-9-16/h1-3,6-7,16H,4-5,8-14H2,(H,20,23)(H3,19,21,22). The van der Waals surface area contributed by atoms with Crippen molar-refractivity contribution >= 4 is 11.9 Å². The Labute approximate surface area is 138 Å². The van der Waals surface area contributed by atoms with E-state index in [9.17, 15) is 4.79 Å². The van der Waals surface area contributed by atoms with Gasteiger partial charge in [0.15, 0.2) is 5.96 Å². The molecule has 23 heavy (non-hydrogen) atoms. The van der Waals surface area contributed by atoms with Crippen molar-refractivity contribution in [1.82, 2.24) is 10.6 Å². The molecule has 1 aliphatic rings. The quantitative estimate of drug-likeness (QED) is 0.389. The molecule has 0 unspecified atom stereocenters. The zero-order chi connectivity index (χ0) is 16.3. The number of hydrogen-bond donors (Lipinski definition) is 3. The first-order valence-corrected chi connectivity index (χ1v) is 8.58. The molecular formula is C18H28N4O. The Kier molecular flexibility index (Phi) is 7.43. The van der Waals surface area contributed by atoms with Gasteiger partial charge in [0.25, 0.3) is 0 Å². The third-order valence-electron chi connectivity index (χ3n) is 4.23. The number of nitrogens with two attached hydrogens (primary N) is 1. The van der Waals surface area contributed by atoms with Gasteiger partial charge in [0.1, 0.15) is 0 Å². The van der Waals surface area contributed by atoms with E-state index in [1.807, 2.05) is 18.2 Å². The van der Waals surface area contributed by atoms with Crippen LogP contribution in [0.2, 0.25) is 0 Å². The summed E-state index contributed by atoms with van der Waals surface area (Å²) in [6, 6.07) is 10.2. The normalized spacial score (nSPS) is 15.6. The molecule has 0 saturated heterocycles. The van der Waals surface area contributed by atoms with Crippen LogP contribution in [0.15, 0.2) is 35.3 Å². The maximum Gasteiger partial charge on any atom is 0.220 e. The van der Waals surface area contributed by atoms with Crippen LogP contribution in [0.1, 0.15) is 37.7 Å². The summed E-state index contributed by atoms with van der Waals surface area (Å²) in [6.07, 6.45) is 6.49. The van der Waals surface area contributed by atoms with Crippen LogP contribution in [-0.4, -0.2) is 31.5 Å². The van der Waals surface area contributed by atoms with E-state index in [-0.39, 0.29) is 5.91 Å². The van der Waals surface area contributed by atoms with Gasteiger partial charge in [-0.1, -0.05) is 43.2 Å². The first kappa shape index (κ1) is 17.3. The van der Waals surface area contributed by atoms with Gasteiger partial charge in [-0.2, -0.15) is 0 Å². The molecule has 0 aromatic heterocycles. The zero-order valence-electron chi connectivity index (χ0n) is 13.8. The van der Waals surface area contributed by atoms with E-state index in [0.717, 1.165) is 6.42 Å². The molecule has 0 radical (unpaired) electrons. The van der Waals surface area contributed by atoms with E-state index in [1.165, 1.54) is 31.2 Å². The molecule has 0 bridgehead atoms. The molecular weight excluding hydrogens is 288 g/mol. The SMILES string of the molecule is NC(=NCCc1ccccc1)NCCNC(=O)CC1CCCC1. The fourth-order valence-corrected chi connectivity index (χ4v) is 2.95. The molecule has 1 saturated carbocycles. The van der Waals surface area contributed by atoms with Gasteiger partial charge in [-0.15, -0.1) is 0 Å². The topological polar surface area (TPSA) is 79.5 Å². The van der Waals surface area contributed by atoms with Gasteiger partial charge in [0, 0.05) is 26.1 Å². The Morgan fingerprint density at radius 3 is 2.57 bits per heavy atom. The summed E-state index contributed by atoms with van der Waals surface area (Å²) in [5.74, 6) is 1.18. The third kappa shape index (κ3) is 7.17. The second-order valence-electron chi connectivity index (χ2n) is 6.13. The van der Waals surface area contributed by atoms with Gasteiger partial charge >= 0.3 is 0 Å². The summed E-state index contributed by atoms with van der Waals surface area (Å²) in [4.78, 5) is 16.1. The summed E-state index contributed by atoms with van der Waals surface area (Å²) in [5, 5.41) is 5.97. The second-order valence-corrected chi connectivity index (χ2v) is 6.13. The monoisotopic (exact) mass is 316 g/mol. The molecule has 2 rings (SSSR count). The predicted molar refractivity (Wildman–Crippen MR) is 94.2 cm³/mol. The number of carbonyl (C=O) groups is 1. The molecule has 5 nitrogen and oxygen atoms in total. The van der Waals surface area contributed by atoms with E-state index >= 15 is 0 Å². The average Bonchev–Trinajstić information content (AvgIpc) is 3.05. The van der Waals surface area contributed by atoms with Crippen molar-refractivity contribution in [3.63, 3.8) is 0 Å².